The van der Waals surface area contributed by atoms with E-state index in [9.17, 15) is 8.42 Å². The maximum Gasteiger partial charge on any atom is 0.182 e. The predicted octanol–water partition coefficient (Wildman–Crippen LogP) is 1.82. The van der Waals surface area contributed by atoms with E-state index >= 15 is 0 Å². The standard InChI is InChI=1S/C14H13N3O2S/c1-10-7-12(16)4-5-14(10)20(18,19)9-11-3-2-6-17-13(11)8-15/h2-7H,9,16H2,1H3. The third-order valence-corrected chi connectivity index (χ3v) is 4.70. The number of pyridine rings is 1. The van der Waals surface area contributed by atoms with Gasteiger partial charge in [-0.15, -0.1) is 0 Å². The van der Waals surface area contributed by atoms with E-state index in [0.717, 1.165) is 0 Å². The van der Waals surface area contributed by atoms with Gasteiger partial charge in [0.15, 0.2) is 9.84 Å². The zero-order valence-electron chi connectivity index (χ0n) is 10.9. The van der Waals surface area contributed by atoms with Crippen molar-refractivity contribution in [1.82, 2.24) is 4.98 Å². The van der Waals surface area contributed by atoms with E-state index in [2.05, 4.69) is 4.98 Å². The van der Waals surface area contributed by atoms with E-state index in [1.807, 2.05) is 6.07 Å². The molecule has 0 aliphatic heterocycles. The first kappa shape index (κ1) is 14.0. The minimum Gasteiger partial charge on any atom is -0.399 e. The Morgan fingerprint density at radius 3 is 2.75 bits per heavy atom. The van der Waals surface area contributed by atoms with Crippen molar-refractivity contribution in [2.24, 2.45) is 0 Å². The van der Waals surface area contributed by atoms with E-state index in [4.69, 9.17) is 11.0 Å². The number of benzene rings is 1. The Morgan fingerprint density at radius 1 is 1.35 bits per heavy atom. The largest absolute Gasteiger partial charge is 0.399 e. The van der Waals surface area contributed by atoms with Crippen molar-refractivity contribution in [3.05, 3.63) is 53.3 Å². The normalized spacial score (nSPS) is 11.0. The van der Waals surface area contributed by atoms with Crippen LogP contribution in [0.1, 0.15) is 16.8 Å². The third-order valence-electron chi connectivity index (χ3n) is 2.88. The first-order valence-electron chi connectivity index (χ1n) is 5.87. The van der Waals surface area contributed by atoms with Gasteiger partial charge in [0.2, 0.25) is 0 Å². The number of hydrogen-bond acceptors (Lipinski definition) is 5. The predicted molar refractivity (Wildman–Crippen MR) is 75.4 cm³/mol. The lowest BCUT2D eigenvalue weighted by Crippen LogP contribution is -2.09. The summed E-state index contributed by atoms with van der Waals surface area (Å²) in [7, 11) is -3.54. The summed E-state index contributed by atoms with van der Waals surface area (Å²) in [6.45, 7) is 1.69. The van der Waals surface area contributed by atoms with Crippen molar-refractivity contribution in [2.75, 3.05) is 5.73 Å². The van der Waals surface area contributed by atoms with E-state index < -0.39 is 9.84 Å². The van der Waals surface area contributed by atoms with E-state index in [1.165, 1.54) is 12.3 Å². The molecule has 0 spiro atoms. The maximum absolute atomic E-state index is 12.4. The summed E-state index contributed by atoms with van der Waals surface area (Å²) in [4.78, 5) is 4.09. The molecule has 2 rings (SSSR count). The molecule has 0 amide bonds. The minimum absolute atomic E-state index is 0.129. The van der Waals surface area contributed by atoms with Gasteiger partial charge in [0.1, 0.15) is 11.8 Å². The van der Waals surface area contributed by atoms with Crippen LogP contribution >= 0.6 is 0 Å². The van der Waals surface area contributed by atoms with Crippen LogP contribution in [0, 0.1) is 18.3 Å². The highest BCUT2D eigenvalue weighted by atomic mass is 32.2. The van der Waals surface area contributed by atoms with E-state index in [1.54, 1.807) is 31.2 Å². The van der Waals surface area contributed by atoms with Gasteiger partial charge in [-0.05, 0) is 36.8 Å². The van der Waals surface area contributed by atoms with Crippen molar-refractivity contribution >= 4 is 15.5 Å². The molecular weight excluding hydrogens is 274 g/mol. The van der Waals surface area contributed by atoms with Gasteiger partial charge in [0.05, 0.1) is 10.6 Å². The van der Waals surface area contributed by atoms with Gasteiger partial charge in [0, 0.05) is 17.4 Å². The van der Waals surface area contributed by atoms with Crippen LogP contribution in [0.4, 0.5) is 5.69 Å². The van der Waals surface area contributed by atoms with Crippen molar-refractivity contribution in [1.29, 1.82) is 5.26 Å². The van der Waals surface area contributed by atoms with Crippen molar-refractivity contribution in [3.63, 3.8) is 0 Å². The highest BCUT2D eigenvalue weighted by Gasteiger charge is 2.19. The number of aryl methyl sites for hydroxylation is 1. The zero-order chi connectivity index (χ0) is 14.8. The summed E-state index contributed by atoms with van der Waals surface area (Å²) in [5.41, 5.74) is 7.25. The quantitative estimate of drug-likeness (QED) is 0.868. The lowest BCUT2D eigenvalue weighted by molar-refractivity contribution is 0.594. The number of nitrogens with two attached hydrogens (primary N) is 1. The Morgan fingerprint density at radius 2 is 2.10 bits per heavy atom. The van der Waals surface area contributed by atoms with Crippen LogP contribution in [0.25, 0.3) is 0 Å². The Hall–Kier alpha value is -2.39. The van der Waals surface area contributed by atoms with Gasteiger partial charge in [-0.2, -0.15) is 5.26 Å². The molecule has 5 nitrogen and oxygen atoms in total. The fraction of sp³-hybridized carbons (Fsp3) is 0.143. The average molecular weight is 287 g/mol. The fourth-order valence-electron chi connectivity index (χ4n) is 1.96. The molecule has 2 aromatic rings. The van der Waals surface area contributed by atoms with Crippen LogP contribution in [0.3, 0.4) is 0 Å². The van der Waals surface area contributed by atoms with Gasteiger partial charge < -0.3 is 5.73 Å². The van der Waals surface area contributed by atoms with Crippen LogP contribution in [0.5, 0.6) is 0 Å². The van der Waals surface area contributed by atoms with Crippen LogP contribution in [0.2, 0.25) is 0 Å². The molecular formula is C14H13N3O2S. The summed E-state index contributed by atoms with van der Waals surface area (Å²) < 4.78 is 24.8. The molecule has 102 valence electrons. The molecule has 0 radical (unpaired) electrons. The number of aromatic nitrogens is 1. The summed E-state index contributed by atoms with van der Waals surface area (Å²) >= 11 is 0. The summed E-state index contributed by atoms with van der Waals surface area (Å²) in [5.74, 6) is -0.255. The van der Waals surface area contributed by atoms with E-state index in [-0.39, 0.29) is 16.3 Å². The average Bonchev–Trinajstić information content (AvgIpc) is 2.38. The molecule has 0 saturated heterocycles. The van der Waals surface area contributed by atoms with Crippen molar-refractivity contribution in [2.45, 2.75) is 17.6 Å². The smallest absolute Gasteiger partial charge is 0.182 e. The summed E-state index contributed by atoms with van der Waals surface area (Å²) in [5, 5.41) is 8.95. The molecule has 0 aliphatic rings. The van der Waals surface area contributed by atoms with Crippen molar-refractivity contribution < 1.29 is 8.42 Å². The van der Waals surface area contributed by atoms with Crippen LogP contribution in [-0.4, -0.2) is 13.4 Å². The minimum atomic E-state index is -3.54. The third kappa shape index (κ3) is 2.78. The number of hydrogen-bond donors (Lipinski definition) is 1. The SMILES string of the molecule is Cc1cc(N)ccc1S(=O)(=O)Cc1cccnc1C#N. The number of nitrogens with zero attached hydrogens (tertiary/aromatic N) is 2. The van der Waals surface area contributed by atoms with Gasteiger partial charge in [-0.3, -0.25) is 0 Å². The molecule has 0 bridgehead atoms. The molecule has 0 unspecified atom stereocenters. The second-order valence-electron chi connectivity index (χ2n) is 4.41. The zero-order valence-corrected chi connectivity index (χ0v) is 11.7. The second kappa shape index (κ2) is 5.31. The van der Waals surface area contributed by atoms with Gasteiger partial charge in [0.25, 0.3) is 0 Å². The molecule has 0 fully saturated rings. The van der Waals surface area contributed by atoms with Gasteiger partial charge in [-0.1, -0.05) is 6.07 Å². The second-order valence-corrected chi connectivity index (χ2v) is 6.36. The Kier molecular flexibility index (Phi) is 3.72. The Balaban J connectivity index is 2.44. The molecule has 0 atom stereocenters. The number of sulfone groups is 1. The first-order chi connectivity index (χ1) is 9.44. The molecule has 1 aromatic heterocycles. The van der Waals surface area contributed by atoms with Gasteiger partial charge >= 0.3 is 0 Å². The number of rotatable bonds is 3. The lowest BCUT2D eigenvalue weighted by atomic mass is 10.2. The first-order valence-corrected chi connectivity index (χ1v) is 7.52. The summed E-state index contributed by atoms with van der Waals surface area (Å²) in [6.07, 6.45) is 1.46. The van der Waals surface area contributed by atoms with E-state index in [0.29, 0.717) is 16.8 Å². The van der Waals surface area contributed by atoms with Gasteiger partial charge in [-0.25, -0.2) is 13.4 Å². The lowest BCUT2D eigenvalue weighted by Gasteiger charge is -2.09. The van der Waals surface area contributed by atoms with Crippen LogP contribution in [-0.2, 0) is 15.6 Å². The topological polar surface area (TPSA) is 96.8 Å². The monoisotopic (exact) mass is 287 g/mol. The molecule has 0 aliphatic carbocycles. The highest BCUT2D eigenvalue weighted by Crippen LogP contribution is 2.22. The Labute approximate surface area is 117 Å². The Bertz CT molecular complexity index is 792. The number of anilines is 1. The maximum atomic E-state index is 12.4. The molecule has 0 saturated carbocycles. The molecule has 1 aromatic carbocycles. The van der Waals surface area contributed by atoms with Crippen LogP contribution < -0.4 is 5.73 Å². The molecule has 6 heteroatoms. The molecule has 1 heterocycles. The molecule has 2 N–H and O–H groups in total. The summed E-state index contributed by atoms with van der Waals surface area (Å²) in [6, 6.07) is 9.75. The molecule has 20 heavy (non-hydrogen) atoms. The number of nitriles is 1. The number of nitrogen functional groups attached to an aromatic ring is 1. The van der Waals surface area contributed by atoms with Crippen LogP contribution in [0.15, 0.2) is 41.4 Å². The highest BCUT2D eigenvalue weighted by molar-refractivity contribution is 7.90. The fourth-order valence-corrected chi connectivity index (χ4v) is 3.58. The van der Waals surface area contributed by atoms with Crippen molar-refractivity contribution in [3.8, 4) is 6.07 Å².